The minimum atomic E-state index is -4.46. The Hall–Kier alpha value is -2.39. The molecule has 0 fully saturated rings. The van der Waals surface area contributed by atoms with Crippen LogP contribution in [0.15, 0.2) is 35.7 Å². The molecule has 2 amide bonds. The number of alkyl halides is 3. The number of nitrogens with one attached hydrogen (secondary N) is 1. The van der Waals surface area contributed by atoms with Crippen LogP contribution in [0.3, 0.4) is 0 Å². The van der Waals surface area contributed by atoms with Crippen LogP contribution in [0.5, 0.6) is 0 Å². The summed E-state index contributed by atoms with van der Waals surface area (Å²) in [5.41, 5.74) is 4.78. The van der Waals surface area contributed by atoms with Crippen molar-refractivity contribution in [2.45, 2.75) is 25.7 Å². The van der Waals surface area contributed by atoms with E-state index in [9.17, 15) is 22.8 Å². The summed E-state index contributed by atoms with van der Waals surface area (Å²) < 4.78 is 39.3. The number of carbonyl (C=O) groups is 2. The number of nitrogens with two attached hydrogens (primary N) is 1. The van der Waals surface area contributed by atoms with E-state index in [1.165, 1.54) is 29.2 Å². The van der Waals surface area contributed by atoms with Crippen LogP contribution in [0.2, 0.25) is 0 Å². The summed E-state index contributed by atoms with van der Waals surface area (Å²) in [6, 6.07) is 6.02. The Morgan fingerprint density at radius 2 is 1.92 bits per heavy atom. The number of halogens is 3. The van der Waals surface area contributed by atoms with Crippen molar-refractivity contribution in [2.24, 2.45) is 5.73 Å². The first-order chi connectivity index (χ1) is 12.1. The van der Waals surface area contributed by atoms with Crippen molar-refractivity contribution in [1.82, 2.24) is 4.90 Å². The molecule has 0 spiro atoms. The van der Waals surface area contributed by atoms with Gasteiger partial charge < -0.3 is 11.1 Å². The second-order valence-electron chi connectivity index (χ2n) is 5.76. The minimum absolute atomic E-state index is 0.0581. The highest BCUT2D eigenvalue weighted by molar-refractivity contribution is 7.14. The van der Waals surface area contributed by atoms with Gasteiger partial charge in [0.25, 0.3) is 5.91 Å². The van der Waals surface area contributed by atoms with Crippen molar-refractivity contribution in [2.75, 3.05) is 12.4 Å². The molecule has 5 nitrogen and oxygen atoms in total. The van der Waals surface area contributed by atoms with Crippen molar-refractivity contribution < 1.29 is 22.8 Å². The van der Waals surface area contributed by atoms with Crippen molar-refractivity contribution >= 4 is 28.2 Å². The lowest BCUT2D eigenvalue weighted by Crippen LogP contribution is -2.39. The van der Waals surface area contributed by atoms with E-state index in [0.29, 0.717) is 5.00 Å². The number of likely N-dealkylation sites (N-methyl/N-ethyl adjacent to an activating group) is 1. The molecule has 0 aliphatic heterocycles. The van der Waals surface area contributed by atoms with Gasteiger partial charge in [0, 0.05) is 6.54 Å². The summed E-state index contributed by atoms with van der Waals surface area (Å²) in [5, 5.41) is 4.53. The maximum absolute atomic E-state index is 13.1. The predicted molar refractivity (Wildman–Crippen MR) is 93.8 cm³/mol. The number of primary amides is 1. The van der Waals surface area contributed by atoms with Crippen LogP contribution in [0.4, 0.5) is 18.2 Å². The Balaban J connectivity index is 2.10. The third-order valence-corrected chi connectivity index (χ3v) is 4.78. The SMILES string of the molecule is CC(C(=O)Nc1sccc1C(N)=O)N(C)Cc1ccccc1C(F)(F)F. The molecule has 26 heavy (non-hydrogen) atoms. The number of anilines is 1. The van der Waals surface area contributed by atoms with Gasteiger partial charge >= 0.3 is 6.18 Å². The van der Waals surface area contributed by atoms with Crippen LogP contribution in [-0.2, 0) is 17.5 Å². The van der Waals surface area contributed by atoms with Crippen LogP contribution < -0.4 is 11.1 Å². The summed E-state index contributed by atoms with van der Waals surface area (Å²) >= 11 is 1.15. The second kappa shape index (κ2) is 7.88. The maximum atomic E-state index is 13.1. The lowest BCUT2D eigenvalue weighted by Gasteiger charge is -2.25. The molecule has 0 saturated carbocycles. The van der Waals surface area contributed by atoms with E-state index in [1.807, 2.05) is 0 Å². The number of carbonyl (C=O) groups excluding carboxylic acids is 2. The average molecular weight is 385 g/mol. The average Bonchev–Trinajstić information content (AvgIpc) is 3.01. The van der Waals surface area contributed by atoms with Crippen LogP contribution in [0, 0.1) is 0 Å². The van der Waals surface area contributed by atoms with Gasteiger partial charge in [-0.25, -0.2) is 0 Å². The molecule has 0 aliphatic rings. The zero-order chi connectivity index (χ0) is 19.5. The third-order valence-electron chi connectivity index (χ3n) is 3.95. The monoisotopic (exact) mass is 385 g/mol. The molecule has 0 bridgehead atoms. The van der Waals surface area contributed by atoms with Gasteiger partial charge in [-0.3, -0.25) is 14.5 Å². The predicted octanol–water partition coefficient (Wildman–Crippen LogP) is 3.32. The zero-order valence-electron chi connectivity index (χ0n) is 14.1. The van der Waals surface area contributed by atoms with E-state index in [0.717, 1.165) is 17.4 Å². The summed E-state index contributed by atoms with van der Waals surface area (Å²) in [4.78, 5) is 25.2. The Kier molecular flexibility index (Phi) is 6.04. The normalized spacial score (nSPS) is 12.8. The Labute approximate surface area is 152 Å². The molecule has 0 aliphatic carbocycles. The largest absolute Gasteiger partial charge is 0.416 e. The smallest absolute Gasteiger partial charge is 0.366 e. The Morgan fingerprint density at radius 3 is 2.54 bits per heavy atom. The molecule has 1 unspecified atom stereocenters. The molecule has 2 rings (SSSR count). The molecule has 0 radical (unpaired) electrons. The third kappa shape index (κ3) is 4.61. The fourth-order valence-corrected chi connectivity index (χ4v) is 3.15. The molecule has 1 heterocycles. The van der Waals surface area contributed by atoms with E-state index < -0.39 is 29.6 Å². The summed E-state index contributed by atoms with van der Waals surface area (Å²) in [5.74, 6) is -1.11. The molecule has 140 valence electrons. The van der Waals surface area contributed by atoms with Crippen molar-refractivity contribution in [3.05, 3.63) is 52.4 Å². The van der Waals surface area contributed by atoms with E-state index in [2.05, 4.69) is 5.32 Å². The van der Waals surface area contributed by atoms with E-state index in [4.69, 9.17) is 5.73 Å². The number of hydrogen-bond acceptors (Lipinski definition) is 4. The first kappa shape index (κ1) is 19.9. The molecule has 1 aromatic carbocycles. The van der Waals surface area contributed by atoms with Gasteiger partial charge in [0.15, 0.2) is 0 Å². The number of hydrogen-bond donors (Lipinski definition) is 2. The molecule has 2 aromatic rings. The van der Waals surface area contributed by atoms with Crippen molar-refractivity contribution in [3.63, 3.8) is 0 Å². The highest BCUT2D eigenvalue weighted by Gasteiger charge is 2.33. The standard InChI is InChI=1S/C17H18F3N3O2S/c1-10(15(25)22-16-12(14(21)24)7-8-26-16)23(2)9-11-5-3-4-6-13(11)17(18,19)20/h3-8,10H,9H2,1-2H3,(H2,21,24)(H,22,25). The summed E-state index contributed by atoms with van der Waals surface area (Å²) in [6.07, 6.45) is -4.46. The molecule has 1 aromatic heterocycles. The van der Waals surface area contributed by atoms with Gasteiger partial charge in [0.1, 0.15) is 5.00 Å². The lowest BCUT2D eigenvalue weighted by atomic mass is 10.1. The number of nitrogens with zero attached hydrogens (tertiary/aromatic N) is 1. The first-order valence-corrected chi connectivity index (χ1v) is 8.52. The Bertz CT molecular complexity index is 805. The maximum Gasteiger partial charge on any atom is 0.416 e. The lowest BCUT2D eigenvalue weighted by molar-refractivity contribution is -0.138. The number of thiophene rings is 1. The molecule has 0 saturated heterocycles. The van der Waals surface area contributed by atoms with Crippen LogP contribution >= 0.6 is 11.3 Å². The number of amides is 2. The summed E-state index contributed by atoms with van der Waals surface area (Å²) in [6.45, 7) is 1.51. The van der Waals surface area contributed by atoms with Crippen molar-refractivity contribution in [3.8, 4) is 0 Å². The molecule has 1 atom stereocenters. The molecular formula is C17H18F3N3O2S. The fraction of sp³-hybridized carbons (Fsp3) is 0.294. The fourth-order valence-electron chi connectivity index (χ4n) is 2.36. The number of benzene rings is 1. The highest BCUT2D eigenvalue weighted by Crippen LogP contribution is 2.32. The van der Waals surface area contributed by atoms with Gasteiger partial charge in [-0.2, -0.15) is 13.2 Å². The topological polar surface area (TPSA) is 75.4 Å². The Morgan fingerprint density at radius 1 is 1.27 bits per heavy atom. The molecule has 3 N–H and O–H groups in total. The zero-order valence-corrected chi connectivity index (χ0v) is 14.9. The van der Waals surface area contributed by atoms with Crippen LogP contribution in [-0.4, -0.2) is 29.8 Å². The van der Waals surface area contributed by atoms with Crippen LogP contribution in [0.25, 0.3) is 0 Å². The highest BCUT2D eigenvalue weighted by atomic mass is 32.1. The number of rotatable bonds is 6. The van der Waals surface area contributed by atoms with E-state index >= 15 is 0 Å². The van der Waals surface area contributed by atoms with Gasteiger partial charge in [-0.05, 0) is 37.0 Å². The molecule has 9 heteroatoms. The second-order valence-corrected chi connectivity index (χ2v) is 6.68. The minimum Gasteiger partial charge on any atom is -0.366 e. The van der Waals surface area contributed by atoms with Gasteiger partial charge in [0.05, 0.1) is 17.2 Å². The first-order valence-electron chi connectivity index (χ1n) is 7.64. The van der Waals surface area contributed by atoms with Crippen LogP contribution in [0.1, 0.15) is 28.4 Å². The van der Waals surface area contributed by atoms with Gasteiger partial charge in [0.2, 0.25) is 5.91 Å². The van der Waals surface area contributed by atoms with Gasteiger partial charge in [-0.1, -0.05) is 18.2 Å². The van der Waals surface area contributed by atoms with E-state index in [-0.39, 0.29) is 17.7 Å². The van der Waals surface area contributed by atoms with Crippen molar-refractivity contribution in [1.29, 1.82) is 0 Å². The molecular weight excluding hydrogens is 367 g/mol. The summed E-state index contributed by atoms with van der Waals surface area (Å²) in [7, 11) is 1.56. The van der Waals surface area contributed by atoms with Gasteiger partial charge in [-0.15, -0.1) is 11.3 Å². The quantitative estimate of drug-likeness (QED) is 0.801. The van der Waals surface area contributed by atoms with E-state index in [1.54, 1.807) is 19.4 Å².